The summed E-state index contributed by atoms with van der Waals surface area (Å²) >= 11 is 0. The maximum Gasteiger partial charge on any atom is 0.119 e. The van der Waals surface area contributed by atoms with Crippen molar-refractivity contribution in [3.8, 4) is 11.5 Å². The molecular formula is C48H54O8. The van der Waals surface area contributed by atoms with Crippen molar-refractivity contribution in [3.05, 3.63) is 180 Å². The number of benzene rings is 5. The number of hydrogen-bond donors (Lipinski definition) is 0. The molecule has 0 fully saturated rings. The maximum atomic E-state index is 5.80. The molecule has 0 radical (unpaired) electrons. The van der Waals surface area contributed by atoms with Gasteiger partial charge in [0.15, 0.2) is 0 Å². The van der Waals surface area contributed by atoms with Crippen LogP contribution in [0.4, 0.5) is 0 Å². The standard InChI is InChI=1S/C48H54O8/c1-5-13-41(14-6-1)47(42-15-7-2-8-16-42)25-27-49-29-31-51-33-35-53-37-39-55-45-21-23-46(24-22-45)56-40-38-54-36-34-52-32-30-50-28-26-48(43-17-9-3-10-18-43)44-19-11-4-12-20-44/h1-26H,27-40H2. The van der Waals surface area contributed by atoms with E-state index < -0.39 is 0 Å². The summed E-state index contributed by atoms with van der Waals surface area (Å²) in [6.45, 7) is 6.90. The smallest absolute Gasteiger partial charge is 0.119 e. The monoisotopic (exact) mass is 758 g/mol. The highest BCUT2D eigenvalue weighted by Crippen LogP contribution is 2.24. The highest BCUT2D eigenvalue weighted by atomic mass is 16.6. The molecule has 0 saturated heterocycles. The van der Waals surface area contributed by atoms with Crippen LogP contribution in [0.15, 0.2) is 158 Å². The van der Waals surface area contributed by atoms with Gasteiger partial charge >= 0.3 is 0 Å². The zero-order chi connectivity index (χ0) is 38.6. The third-order valence-electron chi connectivity index (χ3n) is 8.45. The number of rotatable bonds is 28. The van der Waals surface area contributed by atoms with E-state index in [4.69, 9.17) is 37.9 Å². The van der Waals surface area contributed by atoms with Crippen molar-refractivity contribution in [2.24, 2.45) is 0 Å². The van der Waals surface area contributed by atoms with Crippen LogP contribution in [0.2, 0.25) is 0 Å². The first kappa shape index (κ1) is 42.1. The Kier molecular flexibility index (Phi) is 20.1. The molecule has 0 atom stereocenters. The van der Waals surface area contributed by atoms with E-state index in [9.17, 15) is 0 Å². The molecule has 8 heteroatoms. The minimum absolute atomic E-state index is 0.448. The van der Waals surface area contributed by atoms with E-state index in [1.807, 2.05) is 97.1 Å². The molecule has 5 rings (SSSR count). The zero-order valence-electron chi connectivity index (χ0n) is 32.2. The normalized spacial score (nSPS) is 10.9. The second-order valence-electron chi connectivity index (χ2n) is 12.5. The Morgan fingerprint density at radius 2 is 0.536 bits per heavy atom. The van der Waals surface area contributed by atoms with Crippen molar-refractivity contribution in [2.75, 3.05) is 92.5 Å². The summed E-state index contributed by atoms with van der Waals surface area (Å²) < 4.78 is 45.7. The quantitative estimate of drug-likeness (QED) is 0.0469. The minimum atomic E-state index is 0.448. The first-order chi connectivity index (χ1) is 27.9. The van der Waals surface area contributed by atoms with E-state index in [1.165, 1.54) is 22.3 Å². The molecule has 5 aromatic rings. The SMILES string of the molecule is C(COCCOCCOCCOc1ccc(OCCOCCOCCOCC=C(c2ccccc2)c2ccccc2)cc1)=C(c1ccccc1)c1ccccc1. The molecule has 56 heavy (non-hydrogen) atoms. The Morgan fingerprint density at radius 3 is 0.821 bits per heavy atom. The van der Waals surface area contributed by atoms with E-state index in [2.05, 4.69) is 60.7 Å². The summed E-state index contributed by atoms with van der Waals surface area (Å²) in [5.74, 6) is 1.51. The van der Waals surface area contributed by atoms with Gasteiger partial charge in [-0.3, -0.25) is 0 Å². The van der Waals surface area contributed by atoms with Gasteiger partial charge in [0.25, 0.3) is 0 Å². The molecule has 0 unspecified atom stereocenters. The Bertz CT molecular complexity index is 1560. The zero-order valence-corrected chi connectivity index (χ0v) is 32.2. The predicted octanol–water partition coefficient (Wildman–Crippen LogP) is 8.81. The lowest BCUT2D eigenvalue weighted by molar-refractivity contribution is 0.0133. The second-order valence-corrected chi connectivity index (χ2v) is 12.5. The highest BCUT2D eigenvalue weighted by molar-refractivity contribution is 5.80. The lowest BCUT2D eigenvalue weighted by Crippen LogP contribution is -2.13. The molecule has 0 bridgehead atoms. The number of ether oxygens (including phenoxy) is 8. The van der Waals surface area contributed by atoms with Crippen LogP contribution in [0.25, 0.3) is 11.1 Å². The van der Waals surface area contributed by atoms with Crippen molar-refractivity contribution in [3.63, 3.8) is 0 Å². The molecule has 0 aliphatic heterocycles. The average molecular weight is 759 g/mol. The lowest BCUT2D eigenvalue weighted by Gasteiger charge is -2.10. The molecule has 294 valence electrons. The molecule has 0 aromatic heterocycles. The van der Waals surface area contributed by atoms with E-state index in [0.29, 0.717) is 92.5 Å². The molecule has 0 saturated carbocycles. The fourth-order valence-electron chi connectivity index (χ4n) is 5.68. The fraction of sp³-hybridized carbons (Fsp3) is 0.292. The third-order valence-corrected chi connectivity index (χ3v) is 8.45. The summed E-state index contributed by atoms with van der Waals surface area (Å²) in [4.78, 5) is 0. The molecule has 8 nitrogen and oxygen atoms in total. The van der Waals surface area contributed by atoms with Gasteiger partial charge in [-0.1, -0.05) is 133 Å². The van der Waals surface area contributed by atoms with Gasteiger partial charge in [0.2, 0.25) is 0 Å². The Morgan fingerprint density at radius 1 is 0.286 bits per heavy atom. The van der Waals surface area contributed by atoms with Gasteiger partial charge in [0.05, 0.1) is 79.3 Å². The van der Waals surface area contributed by atoms with Crippen LogP contribution >= 0.6 is 0 Å². The lowest BCUT2D eigenvalue weighted by atomic mass is 9.98. The predicted molar refractivity (Wildman–Crippen MR) is 222 cm³/mol. The molecule has 0 N–H and O–H groups in total. The fourth-order valence-corrected chi connectivity index (χ4v) is 5.68. The highest BCUT2D eigenvalue weighted by Gasteiger charge is 2.05. The molecule has 0 aliphatic rings. The van der Waals surface area contributed by atoms with Crippen LogP contribution in [0, 0.1) is 0 Å². The Balaban J connectivity index is 0.808. The van der Waals surface area contributed by atoms with Crippen molar-refractivity contribution in [1.82, 2.24) is 0 Å². The van der Waals surface area contributed by atoms with Crippen molar-refractivity contribution < 1.29 is 37.9 Å². The van der Waals surface area contributed by atoms with E-state index in [-0.39, 0.29) is 0 Å². The summed E-state index contributed by atoms with van der Waals surface area (Å²) in [5.41, 5.74) is 6.99. The van der Waals surface area contributed by atoms with E-state index in [1.54, 1.807) is 0 Å². The molecule has 0 heterocycles. The summed E-state index contributed by atoms with van der Waals surface area (Å²) in [5, 5.41) is 0. The van der Waals surface area contributed by atoms with Gasteiger partial charge in [-0.05, 0) is 57.7 Å². The van der Waals surface area contributed by atoms with Gasteiger partial charge in [-0.25, -0.2) is 0 Å². The van der Waals surface area contributed by atoms with E-state index in [0.717, 1.165) is 22.6 Å². The summed E-state index contributed by atoms with van der Waals surface area (Å²) in [7, 11) is 0. The molecule has 0 spiro atoms. The van der Waals surface area contributed by atoms with Crippen molar-refractivity contribution in [1.29, 1.82) is 0 Å². The van der Waals surface area contributed by atoms with Crippen LogP contribution < -0.4 is 9.47 Å². The summed E-state index contributed by atoms with van der Waals surface area (Å²) in [6.07, 6.45) is 4.24. The molecular weight excluding hydrogens is 705 g/mol. The van der Waals surface area contributed by atoms with Gasteiger partial charge in [-0.15, -0.1) is 0 Å². The van der Waals surface area contributed by atoms with Gasteiger partial charge in [0, 0.05) is 0 Å². The van der Waals surface area contributed by atoms with Gasteiger partial charge in [0.1, 0.15) is 24.7 Å². The maximum absolute atomic E-state index is 5.80. The minimum Gasteiger partial charge on any atom is -0.491 e. The second kappa shape index (κ2) is 26.7. The number of hydrogen-bond acceptors (Lipinski definition) is 8. The van der Waals surface area contributed by atoms with Gasteiger partial charge in [-0.2, -0.15) is 0 Å². The van der Waals surface area contributed by atoms with Crippen molar-refractivity contribution >= 4 is 11.1 Å². The Labute approximate surface area is 332 Å². The Hall–Kier alpha value is -5.06. The first-order valence-electron chi connectivity index (χ1n) is 19.3. The first-order valence-corrected chi connectivity index (χ1v) is 19.3. The molecule has 0 amide bonds. The van der Waals surface area contributed by atoms with Crippen LogP contribution in [0.3, 0.4) is 0 Å². The molecule has 5 aromatic carbocycles. The van der Waals surface area contributed by atoms with Crippen LogP contribution in [0.5, 0.6) is 11.5 Å². The third kappa shape index (κ3) is 16.4. The van der Waals surface area contributed by atoms with E-state index >= 15 is 0 Å². The summed E-state index contributed by atoms with van der Waals surface area (Å²) in [6, 6.07) is 48.9. The topological polar surface area (TPSA) is 73.8 Å². The van der Waals surface area contributed by atoms with Crippen molar-refractivity contribution in [2.45, 2.75) is 0 Å². The van der Waals surface area contributed by atoms with Crippen LogP contribution in [0.1, 0.15) is 22.3 Å². The average Bonchev–Trinajstić information content (AvgIpc) is 3.26. The van der Waals surface area contributed by atoms with Crippen LogP contribution in [-0.4, -0.2) is 92.5 Å². The molecule has 0 aliphatic carbocycles. The van der Waals surface area contributed by atoms with Gasteiger partial charge < -0.3 is 37.9 Å². The largest absolute Gasteiger partial charge is 0.491 e. The van der Waals surface area contributed by atoms with Crippen LogP contribution in [-0.2, 0) is 28.4 Å².